The molecule has 0 fully saturated rings. The van der Waals surface area contributed by atoms with Gasteiger partial charge in [0.2, 0.25) is 5.91 Å². The maximum absolute atomic E-state index is 13.6. The highest BCUT2D eigenvalue weighted by molar-refractivity contribution is 6.13. The van der Waals surface area contributed by atoms with Crippen molar-refractivity contribution in [2.45, 2.75) is 26.8 Å². The fourth-order valence-corrected chi connectivity index (χ4v) is 5.46. The lowest BCUT2D eigenvalue weighted by Gasteiger charge is -2.09. The van der Waals surface area contributed by atoms with Gasteiger partial charge in [-0.25, -0.2) is 10.1 Å². The molecule has 0 bridgehead atoms. The van der Waals surface area contributed by atoms with E-state index in [1.807, 2.05) is 97.9 Å². The first-order chi connectivity index (χ1) is 20.5. The lowest BCUT2D eigenvalue weighted by Crippen LogP contribution is -2.26. The number of amides is 1. The molecule has 0 saturated heterocycles. The number of H-pyrrole nitrogens is 1. The predicted octanol–water partition coefficient (Wildman–Crippen LogP) is 5.90. The summed E-state index contributed by atoms with van der Waals surface area (Å²) in [6.45, 7) is 4.60. The summed E-state index contributed by atoms with van der Waals surface area (Å²) in [6.07, 6.45) is 0.153. The number of fused-ring (bicyclic) bond motifs is 1. The number of carbonyl (C=O) groups is 1. The molecule has 0 aliphatic heterocycles. The van der Waals surface area contributed by atoms with Gasteiger partial charge in [-0.15, -0.1) is 0 Å². The van der Waals surface area contributed by atoms with E-state index >= 15 is 0 Å². The smallest absolute Gasteiger partial charge is 0.281 e. The largest absolute Gasteiger partial charge is 0.340 e. The highest BCUT2D eigenvalue weighted by Gasteiger charge is 2.21. The zero-order valence-corrected chi connectivity index (χ0v) is 23.5. The molecule has 2 heterocycles. The zero-order valence-electron chi connectivity index (χ0n) is 23.5. The third-order valence-electron chi connectivity index (χ3n) is 7.54. The maximum Gasteiger partial charge on any atom is 0.281 e. The molecule has 1 amide bonds. The molecule has 4 aromatic carbocycles. The summed E-state index contributed by atoms with van der Waals surface area (Å²) >= 11 is 0. The summed E-state index contributed by atoms with van der Waals surface area (Å²) in [5.74, 6) is -0.259. The molecule has 0 aliphatic rings. The first-order valence-electron chi connectivity index (χ1n) is 13.9. The number of nitrogens with zero attached hydrogens (tertiary/aromatic N) is 3. The third kappa shape index (κ3) is 5.20. The Morgan fingerprint density at radius 3 is 2.14 bits per heavy atom. The Kier molecular flexibility index (Phi) is 7.39. The Morgan fingerprint density at radius 2 is 1.43 bits per heavy atom. The zero-order chi connectivity index (χ0) is 29.1. The van der Waals surface area contributed by atoms with E-state index in [9.17, 15) is 9.59 Å². The van der Waals surface area contributed by atoms with Gasteiger partial charge in [-0.2, -0.15) is 5.10 Å². The Morgan fingerprint density at radius 1 is 0.810 bits per heavy atom. The molecule has 0 atom stereocenters. The SMILES string of the molecule is Cc1[nH]n(-c2ccccc2)c(=O)c1/C(=N/NC(=O)Cc1c(C)n(Cc2ccccc2)c2ccccc12)c1ccccc1. The number of hydrogen-bond acceptors (Lipinski definition) is 3. The molecule has 2 N–H and O–H groups in total. The van der Waals surface area contributed by atoms with E-state index in [-0.39, 0.29) is 17.9 Å². The Bertz CT molecular complexity index is 1950. The highest BCUT2D eigenvalue weighted by Crippen LogP contribution is 2.27. The van der Waals surface area contributed by atoms with Gasteiger partial charge in [0.15, 0.2) is 0 Å². The van der Waals surface area contributed by atoms with Gasteiger partial charge in [0.25, 0.3) is 5.56 Å². The number of aryl methyl sites for hydroxylation is 1. The summed E-state index contributed by atoms with van der Waals surface area (Å²) in [5, 5.41) is 8.76. The number of hydrazone groups is 1. The number of benzene rings is 4. The summed E-state index contributed by atoms with van der Waals surface area (Å²) in [7, 11) is 0. The molecule has 0 saturated carbocycles. The maximum atomic E-state index is 13.6. The number of aromatic nitrogens is 3. The van der Waals surface area contributed by atoms with Crippen molar-refractivity contribution in [3.05, 3.63) is 159 Å². The predicted molar refractivity (Wildman–Crippen MR) is 167 cm³/mol. The third-order valence-corrected chi connectivity index (χ3v) is 7.54. The Labute approximate surface area is 243 Å². The van der Waals surface area contributed by atoms with Crippen molar-refractivity contribution >= 4 is 22.5 Å². The fourth-order valence-electron chi connectivity index (χ4n) is 5.46. The van der Waals surface area contributed by atoms with E-state index in [4.69, 9.17) is 0 Å². The molecule has 7 nitrogen and oxygen atoms in total. The number of para-hydroxylation sites is 2. The first-order valence-corrected chi connectivity index (χ1v) is 13.9. The second-order valence-electron chi connectivity index (χ2n) is 10.3. The summed E-state index contributed by atoms with van der Waals surface area (Å²) in [4.78, 5) is 27.0. The van der Waals surface area contributed by atoms with Gasteiger partial charge in [0.05, 0.1) is 17.7 Å². The van der Waals surface area contributed by atoms with Gasteiger partial charge >= 0.3 is 0 Å². The van der Waals surface area contributed by atoms with Crippen LogP contribution in [0.15, 0.2) is 125 Å². The molecular weight excluding hydrogens is 522 g/mol. The number of nitrogens with one attached hydrogen (secondary N) is 2. The molecule has 0 radical (unpaired) electrons. The molecule has 0 unspecified atom stereocenters. The van der Waals surface area contributed by atoms with Crippen LogP contribution < -0.4 is 11.0 Å². The first kappa shape index (κ1) is 26.8. The summed E-state index contributed by atoms with van der Waals surface area (Å²) in [6, 6.07) is 37.3. The van der Waals surface area contributed by atoms with E-state index in [1.54, 1.807) is 0 Å². The van der Waals surface area contributed by atoms with Gasteiger partial charge in [0.1, 0.15) is 5.71 Å². The van der Waals surface area contributed by atoms with Crippen LogP contribution in [0.25, 0.3) is 16.6 Å². The van der Waals surface area contributed by atoms with E-state index in [1.165, 1.54) is 10.2 Å². The van der Waals surface area contributed by atoms with Gasteiger partial charge < -0.3 is 4.57 Å². The van der Waals surface area contributed by atoms with Crippen molar-refractivity contribution in [1.82, 2.24) is 19.8 Å². The average Bonchev–Trinajstić information content (AvgIpc) is 3.46. The van der Waals surface area contributed by atoms with Gasteiger partial charge in [-0.05, 0) is 43.2 Å². The van der Waals surface area contributed by atoms with Crippen molar-refractivity contribution in [3.8, 4) is 5.69 Å². The van der Waals surface area contributed by atoms with Crippen LogP contribution in [0.3, 0.4) is 0 Å². The Balaban J connectivity index is 1.34. The minimum atomic E-state index is -0.259. The quantitative estimate of drug-likeness (QED) is 0.182. The number of hydrogen-bond donors (Lipinski definition) is 2. The van der Waals surface area contributed by atoms with Crippen LogP contribution in [0.5, 0.6) is 0 Å². The average molecular weight is 554 g/mol. The van der Waals surface area contributed by atoms with Crippen LogP contribution in [0.1, 0.15) is 33.6 Å². The summed E-state index contributed by atoms with van der Waals surface area (Å²) in [5.41, 5.74) is 9.70. The van der Waals surface area contributed by atoms with Crippen LogP contribution in [-0.2, 0) is 17.8 Å². The molecule has 6 aromatic rings. The normalized spacial score (nSPS) is 11.6. The van der Waals surface area contributed by atoms with E-state index < -0.39 is 0 Å². The molecule has 7 heteroatoms. The second-order valence-corrected chi connectivity index (χ2v) is 10.3. The van der Waals surface area contributed by atoms with Crippen molar-refractivity contribution in [3.63, 3.8) is 0 Å². The van der Waals surface area contributed by atoms with Gasteiger partial charge in [0, 0.05) is 34.4 Å². The van der Waals surface area contributed by atoms with Gasteiger partial charge in [-0.1, -0.05) is 97.1 Å². The van der Waals surface area contributed by atoms with Crippen molar-refractivity contribution in [2.24, 2.45) is 5.10 Å². The van der Waals surface area contributed by atoms with Crippen molar-refractivity contribution in [2.75, 3.05) is 0 Å². The monoisotopic (exact) mass is 553 g/mol. The summed E-state index contributed by atoms with van der Waals surface area (Å²) < 4.78 is 3.75. The van der Waals surface area contributed by atoms with Crippen LogP contribution in [0.4, 0.5) is 0 Å². The standard InChI is InChI=1S/C35H31N5O2/c1-24-33(35(42)40(38-24)28-18-10-5-11-19-28)34(27-16-8-4-9-17-27)37-36-32(41)22-30-25(2)39(23-26-14-6-3-7-15-26)31-21-13-12-20-29(30)31/h3-21,38H,22-23H2,1-2H3,(H,36,41)/b37-34+. The van der Waals surface area contributed by atoms with Crippen LogP contribution in [0, 0.1) is 13.8 Å². The van der Waals surface area contributed by atoms with E-state index in [2.05, 4.69) is 51.4 Å². The minimum absolute atomic E-state index is 0.153. The number of rotatable bonds is 8. The molecule has 2 aromatic heterocycles. The Hall–Kier alpha value is -5.43. The number of carbonyl (C=O) groups excluding carboxylic acids is 1. The lowest BCUT2D eigenvalue weighted by molar-refractivity contribution is -0.120. The molecule has 0 spiro atoms. The fraction of sp³-hybridized carbons (Fsp3) is 0.114. The topological polar surface area (TPSA) is 84.2 Å². The minimum Gasteiger partial charge on any atom is -0.340 e. The van der Waals surface area contributed by atoms with E-state index in [0.717, 1.165) is 33.4 Å². The van der Waals surface area contributed by atoms with Crippen LogP contribution in [0.2, 0.25) is 0 Å². The molecular formula is C35H31N5O2. The van der Waals surface area contributed by atoms with Crippen LogP contribution >= 0.6 is 0 Å². The molecule has 6 rings (SSSR count). The highest BCUT2D eigenvalue weighted by atomic mass is 16.2. The molecule has 208 valence electrons. The van der Waals surface area contributed by atoms with Crippen molar-refractivity contribution in [1.29, 1.82) is 0 Å². The van der Waals surface area contributed by atoms with Gasteiger partial charge in [-0.3, -0.25) is 14.7 Å². The molecule has 0 aliphatic carbocycles. The van der Waals surface area contributed by atoms with Crippen molar-refractivity contribution < 1.29 is 4.79 Å². The van der Waals surface area contributed by atoms with Crippen LogP contribution in [-0.4, -0.2) is 26.0 Å². The van der Waals surface area contributed by atoms with E-state index in [0.29, 0.717) is 23.5 Å². The lowest BCUT2D eigenvalue weighted by atomic mass is 10.0. The molecule has 42 heavy (non-hydrogen) atoms. The second kappa shape index (κ2) is 11.6. The number of aromatic amines is 1.